The van der Waals surface area contributed by atoms with E-state index in [1.807, 2.05) is 13.0 Å². The van der Waals surface area contributed by atoms with Crippen molar-refractivity contribution in [3.8, 4) is 22.9 Å². The largest absolute Gasteiger partial charge is 0.495 e. The first-order valence-corrected chi connectivity index (χ1v) is 11.2. The molecule has 6 nitrogen and oxygen atoms in total. The summed E-state index contributed by atoms with van der Waals surface area (Å²) in [6.07, 6.45) is -3.11. The van der Waals surface area contributed by atoms with Gasteiger partial charge < -0.3 is 14.7 Å². The number of aryl methyl sites for hydroxylation is 2. The Morgan fingerprint density at radius 2 is 1.97 bits per heavy atom. The first-order valence-electron chi connectivity index (χ1n) is 10.9. The van der Waals surface area contributed by atoms with E-state index in [0.29, 0.717) is 35.9 Å². The summed E-state index contributed by atoms with van der Waals surface area (Å²) in [7, 11) is 3.07. The smallest absolute Gasteiger partial charge is 0.433 e. The Morgan fingerprint density at radius 1 is 1.25 bits per heavy atom. The summed E-state index contributed by atoms with van der Waals surface area (Å²) in [5.41, 5.74) is 0.861. The highest BCUT2D eigenvalue weighted by molar-refractivity contribution is 6.33. The van der Waals surface area contributed by atoms with Gasteiger partial charge in [-0.1, -0.05) is 23.7 Å². The van der Waals surface area contributed by atoms with Gasteiger partial charge in [-0.25, -0.2) is 0 Å². The number of amides is 1. The molecule has 3 aromatic rings. The van der Waals surface area contributed by atoms with Crippen LogP contribution in [0, 0.1) is 18.3 Å². The second-order valence-electron chi connectivity index (χ2n) is 8.03. The number of carbonyl (C=O) groups is 1. The molecule has 188 valence electrons. The van der Waals surface area contributed by atoms with Crippen LogP contribution < -0.4 is 9.64 Å². The van der Waals surface area contributed by atoms with Gasteiger partial charge in [0, 0.05) is 41.6 Å². The van der Waals surface area contributed by atoms with E-state index in [-0.39, 0.29) is 33.9 Å². The lowest BCUT2D eigenvalue weighted by Crippen LogP contribution is -2.28. The predicted octanol–water partition coefficient (Wildman–Crippen LogP) is 5.81. The number of rotatable bonds is 7. The molecule has 0 fully saturated rings. The van der Waals surface area contributed by atoms with Gasteiger partial charge in [-0.2, -0.15) is 18.4 Å². The maximum atomic E-state index is 13.7. The van der Waals surface area contributed by atoms with E-state index in [2.05, 4.69) is 4.98 Å². The van der Waals surface area contributed by atoms with Gasteiger partial charge in [0.2, 0.25) is 0 Å². The normalized spacial score (nSPS) is 11.2. The summed E-state index contributed by atoms with van der Waals surface area (Å²) >= 11 is 6.48. The van der Waals surface area contributed by atoms with Crippen LogP contribution in [0.2, 0.25) is 5.02 Å². The van der Waals surface area contributed by atoms with Gasteiger partial charge >= 0.3 is 6.18 Å². The third-order valence-corrected chi connectivity index (χ3v) is 6.01. The Hall–Kier alpha value is -3.61. The summed E-state index contributed by atoms with van der Waals surface area (Å²) in [6, 6.07) is 10.7. The quantitative estimate of drug-likeness (QED) is 0.427. The number of anilines is 1. The molecule has 0 atom stereocenters. The van der Waals surface area contributed by atoms with Crippen molar-refractivity contribution in [2.75, 3.05) is 25.7 Å². The summed E-state index contributed by atoms with van der Waals surface area (Å²) < 4.78 is 44.8. The molecule has 10 heteroatoms. The molecule has 0 radical (unpaired) electrons. The first-order chi connectivity index (χ1) is 17.0. The highest BCUT2D eigenvalue weighted by atomic mass is 35.5. The van der Waals surface area contributed by atoms with Gasteiger partial charge in [-0.3, -0.25) is 9.78 Å². The molecule has 1 aromatic heterocycles. The van der Waals surface area contributed by atoms with Gasteiger partial charge in [0.05, 0.1) is 24.4 Å². The van der Waals surface area contributed by atoms with Crippen LogP contribution >= 0.6 is 11.6 Å². The van der Waals surface area contributed by atoms with E-state index in [0.717, 1.165) is 11.8 Å². The van der Waals surface area contributed by atoms with Crippen molar-refractivity contribution in [1.82, 2.24) is 4.98 Å². The van der Waals surface area contributed by atoms with Crippen molar-refractivity contribution in [3.05, 3.63) is 75.6 Å². The SMILES string of the molecule is COc1cccc(C)c1N(C)C(=O)c1cc(-c2cnc(C(F)(F)F)cc2C#N)c(Cl)cc1CCCO. The van der Waals surface area contributed by atoms with Crippen molar-refractivity contribution in [1.29, 1.82) is 5.26 Å². The molecule has 0 unspecified atom stereocenters. The number of aromatic nitrogens is 1. The average Bonchev–Trinajstić information content (AvgIpc) is 2.85. The van der Waals surface area contributed by atoms with Crippen LogP contribution in [0.15, 0.2) is 42.6 Å². The zero-order valence-electron chi connectivity index (χ0n) is 19.8. The molecule has 36 heavy (non-hydrogen) atoms. The lowest BCUT2D eigenvalue weighted by atomic mass is 9.94. The molecular formula is C26H23ClF3N3O3. The number of alkyl halides is 3. The van der Waals surface area contributed by atoms with Crippen LogP contribution in [0.1, 0.15) is 39.2 Å². The number of pyridine rings is 1. The molecule has 0 saturated heterocycles. The van der Waals surface area contributed by atoms with E-state index in [4.69, 9.17) is 16.3 Å². The summed E-state index contributed by atoms with van der Waals surface area (Å²) in [5.74, 6) is 0.0579. The minimum atomic E-state index is -4.72. The monoisotopic (exact) mass is 517 g/mol. The molecule has 1 heterocycles. The van der Waals surface area contributed by atoms with Gasteiger partial charge in [0.1, 0.15) is 11.4 Å². The number of hydrogen-bond acceptors (Lipinski definition) is 5. The zero-order chi connectivity index (χ0) is 26.6. The van der Waals surface area contributed by atoms with Crippen molar-refractivity contribution in [2.24, 2.45) is 0 Å². The van der Waals surface area contributed by atoms with Gasteiger partial charge in [-0.05, 0) is 55.2 Å². The van der Waals surface area contributed by atoms with Crippen molar-refractivity contribution in [2.45, 2.75) is 25.9 Å². The molecule has 3 rings (SSSR count). The Morgan fingerprint density at radius 3 is 2.58 bits per heavy atom. The number of carbonyl (C=O) groups excluding carboxylic acids is 1. The van der Waals surface area contributed by atoms with E-state index in [9.17, 15) is 28.3 Å². The van der Waals surface area contributed by atoms with Gasteiger partial charge in [-0.15, -0.1) is 0 Å². The summed E-state index contributed by atoms with van der Waals surface area (Å²) in [4.78, 5) is 18.6. The minimum Gasteiger partial charge on any atom is -0.495 e. The topological polar surface area (TPSA) is 86.5 Å². The van der Waals surface area contributed by atoms with Gasteiger partial charge in [0.25, 0.3) is 5.91 Å². The third-order valence-electron chi connectivity index (χ3n) is 5.69. The van der Waals surface area contributed by atoms with Crippen LogP contribution in [-0.4, -0.2) is 36.8 Å². The third kappa shape index (κ3) is 5.45. The molecule has 1 N–H and O–H groups in total. The van der Waals surface area contributed by atoms with Crippen LogP contribution in [0.5, 0.6) is 5.75 Å². The maximum absolute atomic E-state index is 13.7. The Balaban J connectivity index is 2.19. The predicted molar refractivity (Wildman–Crippen MR) is 130 cm³/mol. The average molecular weight is 518 g/mol. The number of aliphatic hydroxyl groups is 1. The molecular weight excluding hydrogens is 495 g/mol. The van der Waals surface area contributed by atoms with E-state index in [1.165, 1.54) is 24.1 Å². The van der Waals surface area contributed by atoms with E-state index in [1.54, 1.807) is 25.2 Å². The van der Waals surface area contributed by atoms with Crippen molar-refractivity contribution in [3.63, 3.8) is 0 Å². The highest BCUT2D eigenvalue weighted by Crippen LogP contribution is 2.37. The minimum absolute atomic E-state index is 0.0642. The number of para-hydroxylation sites is 1. The molecule has 0 aliphatic heterocycles. The van der Waals surface area contributed by atoms with E-state index >= 15 is 0 Å². The molecule has 0 saturated carbocycles. The second-order valence-corrected chi connectivity index (χ2v) is 8.44. The summed E-state index contributed by atoms with van der Waals surface area (Å²) in [6.45, 7) is 1.71. The number of halogens is 4. The zero-order valence-corrected chi connectivity index (χ0v) is 20.5. The van der Waals surface area contributed by atoms with Crippen LogP contribution in [0.3, 0.4) is 0 Å². The Bertz CT molecular complexity index is 1340. The van der Waals surface area contributed by atoms with Crippen LogP contribution in [0.4, 0.5) is 18.9 Å². The number of hydrogen-bond donors (Lipinski definition) is 1. The number of ether oxygens (including phenoxy) is 1. The summed E-state index contributed by atoms with van der Waals surface area (Å²) in [5, 5.41) is 19.0. The lowest BCUT2D eigenvalue weighted by Gasteiger charge is -2.24. The van der Waals surface area contributed by atoms with E-state index < -0.39 is 17.8 Å². The van der Waals surface area contributed by atoms with Gasteiger partial charge in [0.15, 0.2) is 0 Å². The number of methoxy groups -OCH3 is 1. The fourth-order valence-electron chi connectivity index (χ4n) is 3.92. The molecule has 0 aliphatic carbocycles. The maximum Gasteiger partial charge on any atom is 0.433 e. The first kappa shape index (κ1) is 27.0. The molecule has 0 bridgehead atoms. The number of nitriles is 1. The number of nitrogens with zero attached hydrogens (tertiary/aromatic N) is 3. The Kier molecular flexibility index (Phi) is 8.23. The van der Waals surface area contributed by atoms with Crippen molar-refractivity contribution < 1.29 is 27.8 Å². The molecule has 0 aliphatic rings. The fraction of sp³-hybridized carbons (Fsp3) is 0.269. The fourth-order valence-corrected chi connectivity index (χ4v) is 4.21. The van der Waals surface area contributed by atoms with Crippen LogP contribution in [-0.2, 0) is 12.6 Å². The standard InChI is InChI=1S/C26H23ClF3N3O3/c1-15-6-4-8-22(36-3)24(15)33(2)25(35)18-12-19(21(27)10-16(18)7-5-9-34)20-14-32-23(26(28,29)30)11-17(20)13-31/h4,6,8,10-12,14,34H,5,7,9H2,1-3H3. The van der Waals surface area contributed by atoms with Crippen molar-refractivity contribution >= 4 is 23.2 Å². The number of aliphatic hydroxyl groups excluding tert-OH is 1. The Labute approximate surface area is 211 Å². The lowest BCUT2D eigenvalue weighted by molar-refractivity contribution is -0.141. The van der Waals surface area contributed by atoms with Crippen LogP contribution in [0.25, 0.3) is 11.1 Å². The molecule has 1 amide bonds. The molecule has 0 spiro atoms. The second kappa shape index (κ2) is 11.0. The highest BCUT2D eigenvalue weighted by Gasteiger charge is 2.33. The molecule has 2 aromatic carbocycles. The number of benzene rings is 2.